The summed E-state index contributed by atoms with van der Waals surface area (Å²) in [6.07, 6.45) is 3.87. The molecule has 4 nitrogen and oxygen atoms in total. The second kappa shape index (κ2) is 7.51. The lowest BCUT2D eigenvalue weighted by Crippen LogP contribution is -2.42. The largest absolute Gasteiger partial charge is 0.315 e. The number of benzene rings is 1. The zero-order valence-corrected chi connectivity index (χ0v) is 15.5. The Balaban J connectivity index is 0.00000192. The first-order valence-corrected chi connectivity index (χ1v) is 9.75. The summed E-state index contributed by atoms with van der Waals surface area (Å²) in [5.41, 5.74) is 1.20. The molecule has 0 saturated carbocycles. The Morgan fingerprint density at radius 3 is 2.43 bits per heavy atom. The number of rotatable bonds is 4. The molecule has 0 spiro atoms. The van der Waals surface area contributed by atoms with E-state index in [1.54, 1.807) is 16.4 Å². The molecule has 1 N–H and O–H groups in total. The van der Waals surface area contributed by atoms with Gasteiger partial charge in [-0.1, -0.05) is 26.0 Å². The predicted molar refractivity (Wildman–Crippen MR) is 95.6 cm³/mol. The Kier molecular flexibility index (Phi) is 6.11. The van der Waals surface area contributed by atoms with Crippen molar-refractivity contribution in [3.63, 3.8) is 0 Å². The Morgan fingerprint density at radius 1 is 1.13 bits per heavy atom. The summed E-state index contributed by atoms with van der Waals surface area (Å²) >= 11 is 0. The molecule has 6 heteroatoms. The molecule has 2 fully saturated rings. The van der Waals surface area contributed by atoms with Crippen LogP contribution in [0.4, 0.5) is 0 Å². The Morgan fingerprint density at radius 2 is 1.78 bits per heavy atom. The highest BCUT2D eigenvalue weighted by molar-refractivity contribution is 7.89. The summed E-state index contributed by atoms with van der Waals surface area (Å²) < 4.78 is 27.8. The van der Waals surface area contributed by atoms with Crippen molar-refractivity contribution in [1.29, 1.82) is 0 Å². The number of hydrogen-bond donors (Lipinski definition) is 1. The molecule has 23 heavy (non-hydrogen) atoms. The van der Waals surface area contributed by atoms with Gasteiger partial charge in [0.2, 0.25) is 10.0 Å². The van der Waals surface area contributed by atoms with E-state index in [1.807, 2.05) is 12.1 Å². The van der Waals surface area contributed by atoms with Crippen LogP contribution in [0.3, 0.4) is 0 Å². The zero-order valence-electron chi connectivity index (χ0n) is 13.9. The van der Waals surface area contributed by atoms with E-state index in [1.165, 1.54) is 5.56 Å². The number of hydrogen-bond acceptors (Lipinski definition) is 3. The molecule has 0 amide bonds. The summed E-state index contributed by atoms with van der Waals surface area (Å²) in [6.45, 7) is 6.04. The Labute approximate surface area is 146 Å². The van der Waals surface area contributed by atoms with E-state index in [0.29, 0.717) is 10.8 Å². The lowest BCUT2D eigenvalue weighted by molar-refractivity contribution is 0.334. The maximum Gasteiger partial charge on any atom is 0.243 e. The normalized spacial score (nSPS) is 25.2. The smallest absolute Gasteiger partial charge is 0.243 e. The average molecular weight is 359 g/mol. The fourth-order valence-corrected chi connectivity index (χ4v) is 5.62. The molecule has 2 aliphatic rings. The van der Waals surface area contributed by atoms with Crippen LogP contribution in [0.15, 0.2) is 29.2 Å². The summed E-state index contributed by atoms with van der Waals surface area (Å²) in [7, 11) is -3.37. The third kappa shape index (κ3) is 3.90. The van der Waals surface area contributed by atoms with Gasteiger partial charge in [0.15, 0.2) is 0 Å². The van der Waals surface area contributed by atoms with Crippen LogP contribution in [0.1, 0.15) is 38.7 Å². The van der Waals surface area contributed by atoms with E-state index < -0.39 is 10.0 Å². The van der Waals surface area contributed by atoms with E-state index in [0.717, 1.165) is 38.8 Å². The van der Waals surface area contributed by atoms with Crippen molar-refractivity contribution in [2.45, 2.75) is 56.5 Å². The van der Waals surface area contributed by atoms with Crippen molar-refractivity contribution in [1.82, 2.24) is 9.62 Å². The summed E-state index contributed by atoms with van der Waals surface area (Å²) in [6, 6.07) is 7.78. The van der Waals surface area contributed by atoms with Crippen molar-refractivity contribution in [3.8, 4) is 0 Å². The topological polar surface area (TPSA) is 49.4 Å². The van der Waals surface area contributed by atoms with E-state index >= 15 is 0 Å². The van der Waals surface area contributed by atoms with Gasteiger partial charge in [-0.2, -0.15) is 4.31 Å². The molecule has 2 heterocycles. The molecule has 0 aromatic heterocycles. The minimum atomic E-state index is -3.37. The van der Waals surface area contributed by atoms with Gasteiger partial charge in [0.25, 0.3) is 0 Å². The molecule has 2 bridgehead atoms. The minimum Gasteiger partial charge on any atom is -0.315 e. The van der Waals surface area contributed by atoms with Crippen LogP contribution in [0, 0.1) is 5.92 Å². The van der Waals surface area contributed by atoms with Gasteiger partial charge < -0.3 is 5.32 Å². The van der Waals surface area contributed by atoms with Crippen LogP contribution < -0.4 is 5.32 Å². The van der Waals surface area contributed by atoms with Crippen LogP contribution in [-0.4, -0.2) is 37.9 Å². The highest BCUT2D eigenvalue weighted by atomic mass is 35.5. The first-order valence-electron chi connectivity index (χ1n) is 8.31. The van der Waals surface area contributed by atoms with E-state index in [4.69, 9.17) is 0 Å². The molecular weight excluding hydrogens is 332 g/mol. The van der Waals surface area contributed by atoms with Crippen LogP contribution in [0.25, 0.3) is 0 Å². The summed E-state index contributed by atoms with van der Waals surface area (Å²) in [5.74, 6) is 0.579. The first-order chi connectivity index (χ1) is 10.5. The molecule has 1 aromatic rings. The van der Waals surface area contributed by atoms with Crippen molar-refractivity contribution >= 4 is 22.4 Å². The zero-order chi connectivity index (χ0) is 15.7. The van der Waals surface area contributed by atoms with Gasteiger partial charge in [0, 0.05) is 18.6 Å². The average Bonchev–Trinajstić information content (AvgIpc) is 2.72. The first kappa shape index (κ1) is 18.7. The molecule has 130 valence electrons. The van der Waals surface area contributed by atoms with Gasteiger partial charge in [-0.3, -0.25) is 0 Å². The molecule has 2 saturated heterocycles. The predicted octanol–water partition coefficient (Wildman–Crippen LogP) is 2.82. The third-order valence-electron chi connectivity index (χ3n) is 4.73. The van der Waals surface area contributed by atoms with Crippen LogP contribution in [0.2, 0.25) is 0 Å². The van der Waals surface area contributed by atoms with Gasteiger partial charge in [-0.25, -0.2) is 8.42 Å². The SMILES string of the molecule is CC(C)Cc1ccc(S(=O)(=O)N2C3CCNCC2CC3)cc1.Cl. The molecular formula is C17H27ClN2O2S. The highest BCUT2D eigenvalue weighted by Gasteiger charge is 2.42. The van der Waals surface area contributed by atoms with Crippen LogP contribution in [0.5, 0.6) is 0 Å². The van der Waals surface area contributed by atoms with Crippen molar-refractivity contribution in [2.75, 3.05) is 13.1 Å². The van der Waals surface area contributed by atoms with Crippen LogP contribution >= 0.6 is 12.4 Å². The maximum atomic E-state index is 13.0. The van der Waals surface area contributed by atoms with E-state index in [2.05, 4.69) is 19.2 Å². The van der Waals surface area contributed by atoms with Gasteiger partial charge in [0.1, 0.15) is 0 Å². The number of fused-ring (bicyclic) bond motifs is 2. The third-order valence-corrected chi connectivity index (χ3v) is 6.75. The molecule has 2 aliphatic heterocycles. The van der Waals surface area contributed by atoms with Gasteiger partial charge in [-0.15, -0.1) is 12.4 Å². The molecule has 3 rings (SSSR count). The molecule has 0 aliphatic carbocycles. The second-order valence-electron chi connectivity index (χ2n) is 6.95. The maximum absolute atomic E-state index is 13.0. The van der Waals surface area contributed by atoms with Crippen LogP contribution in [-0.2, 0) is 16.4 Å². The number of halogens is 1. The fourth-order valence-electron chi connectivity index (χ4n) is 3.72. The van der Waals surface area contributed by atoms with Gasteiger partial charge >= 0.3 is 0 Å². The highest BCUT2D eigenvalue weighted by Crippen LogP contribution is 2.33. The number of sulfonamides is 1. The molecule has 0 radical (unpaired) electrons. The van der Waals surface area contributed by atoms with Crippen molar-refractivity contribution in [2.24, 2.45) is 5.92 Å². The van der Waals surface area contributed by atoms with Crippen molar-refractivity contribution in [3.05, 3.63) is 29.8 Å². The fraction of sp³-hybridized carbons (Fsp3) is 0.647. The monoisotopic (exact) mass is 358 g/mol. The van der Waals surface area contributed by atoms with E-state index in [-0.39, 0.29) is 24.5 Å². The second-order valence-corrected chi connectivity index (χ2v) is 8.80. The number of nitrogens with zero attached hydrogens (tertiary/aromatic N) is 1. The van der Waals surface area contributed by atoms with Crippen molar-refractivity contribution < 1.29 is 8.42 Å². The quantitative estimate of drug-likeness (QED) is 0.900. The number of nitrogens with one attached hydrogen (secondary N) is 1. The Hall–Kier alpha value is -0.620. The lowest BCUT2D eigenvalue weighted by atomic mass is 10.0. The summed E-state index contributed by atoms with van der Waals surface area (Å²) in [5, 5.41) is 3.36. The Bertz CT molecular complexity index is 602. The molecule has 2 atom stereocenters. The minimum absolute atomic E-state index is 0. The summed E-state index contributed by atoms with van der Waals surface area (Å²) in [4.78, 5) is 0.443. The molecule has 2 unspecified atom stereocenters. The van der Waals surface area contributed by atoms with E-state index in [9.17, 15) is 8.42 Å². The van der Waals surface area contributed by atoms with Gasteiger partial charge in [0.05, 0.1) is 4.90 Å². The van der Waals surface area contributed by atoms with Gasteiger partial charge in [-0.05, 0) is 55.8 Å². The lowest BCUT2D eigenvalue weighted by Gasteiger charge is -2.27. The molecule has 1 aromatic carbocycles. The standard InChI is InChI=1S/C17H26N2O2S.ClH/c1-13(2)11-14-3-7-17(8-4-14)22(20,21)19-15-5-6-16(19)12-18-10-9-15;/h3-4,7-8,13,15-16,18H,5-6,9-12H2,1-2H3;1H.